The molecule has 0 aliphatic heterocycles. The van der Waals surface area contributed by atoms with Gasteiger partial charge in [-0.3, -0.25) is 4.79 Å². The van der Waals surface area contributed by atoms with Gasteiger partial charge in [-0.15, -0.1) is 0 Å². The fraction of sp³-hybridized carbons (Fsp3) is 0.708. The average molecular weight is 450 g/mol. The van der Waals surface area contributed by atoms with Gasteiger partial charge in [-0.25, -0.2) is 13.1 Å². The molecule has 0 saturated heterocycles. The van der Waals surface area contributed by atoms with E-state index in [4.69, 9.17) is 0 Å². The van der Waals surface area contributed by atoms with Crippen molar-refractivity contribution in [1.29, 1.82) is 0 Å². The Hall–Kier alpha value is -1.60. The number of sulfonamides is 1. The first kappa shape index (κ1) is 24.1. The van der Waals surface area contributed by atoms with Crippen LogP contribution in [-0.2, 0) is 10.0 Å². The number of hydrogen-bond acceptors (Lipinski definition) is 4. The molecule has 0 heterocycles. The van der Waals surface area contributed by atoms with Crippen LogP contribution in [-0.4, -0.2) is 37.7 Å². The summed E-state index contributed by atoms with van der Waals surface area (Å²) in [6.07, 6.45) is 9.56. The molecule has 3 N–H and O–H groups in total. The van der Waals surface area contributed by atoms with Crippen LogP contribution in [0.3, 0.4) is 0 Å². The highest BCUT2D eigenvalue weighted by Gasteiger charge is 2.32. The summed E-state index contributed by atoms with van der Waals surface area (Å²) in [5, 5.41) is 6.66. The molecule has 6 nitrogen and oxygen atoms in total. The lowest BCUT2D eigenvalue weighted by Crippen LogP contribution is -2.46. The molecular formula is C24H39N3O3S. The number of anilines is 1. The van der Waals surface area contributed by atoms with E-state index in [9.17, 15) is 13.2 Å². The minimum absolute atomic E-state index is 0.0159. The van der Waals surface area contributed by atoms with Crippen LogP contribution in [0.4, 0.5) is 5.69 Å². The molecular weight excluding hydrogens is 410 g/mol. The summed E-state index contributed by atoms with van der Waals surface area (Å²) in [6, 6.07) is 8.07. The number of hydrogen-bond donors (Lipinski definition) is 3. The van der Waals surface area contributed by atoms with Crippen molar-refractivity contribution in [2.24, 2.45) is 5.92 Å². The number of amides is 1. The Morgan fingerprint density at radius 3 is 2.29 bits per heavy atom. The van der Waals surface area contributed by atoms with Crippen molar-refractivity contribution < 1.29 is 13.2 Å². The normalized spacial score (nSPS) is 23.3. The lowest BCUT2D eigenvalue weighted by Gasteiger charge is -2.31. The summed E-state index contributed by atoms with van der Waals surface area (Å²) in [5.41, 5.74) is 1.67. The number of carbonyl (C=O) groups excluding carboxylic acids is 1. The van der Waals surface area contributed by atoms with Crippen molar-refractivity contribution in [3.8, 4) is 0 Å². The second-order valence-corrected chi connectivity index (χ2v) is 12.7. The van der Waals surface area contributed by atoms with Gasteiger partial charge in [0.2, 0.25) is 10.0 Å². The molecule has 0 spiro atoms. The van der Waals surface area contributed by atoms with E-state index < -0.39 is 14.8 Å². The van der Waals surface area contributed by atoms with Crippen molar-refractivity contribution in [2.75, 3.05) is 11.9 Å². The third kappa shape index (κ3) is 6.94. The number of carbonyl (C=O) groups is 1. The molecule has 0 radical (unpaired) electrons. The van der Waals surface area contributed by atoms with E-state index in [2.05, 4.69) is 15.4 Å². The minimum atomic E-state index is -3.30. The van der Waals surface area contributed by atoms with Gasteiger partial charge >= 0.3 is 0 Å². The molecule has 2 aliphatic rings. The Morgan fingerprint density at radius 1 is 0.968 bits per heavy atom. The number of benzene rings is 1. The Labute approximate surface area is 188 Å². The molecule has 1 aromatic carbocycles. The predicted octanol–water partition coefficient (Wildman–Crippen LogP) is 4.44. The predicted molar refractivity (Wildman–Crippen MR) is 127 cm³/mol. The monoisotopic (exact) mass is 449 g/mol. The fourth-order valence-corrected chi connectivity index (χ4v) is 5.46. The van der Waals surface area contributed by atoms with Gasteiger partial charge in [-0.1, -0.05) is 25.3 Å². The first-order valence-electron chi connectivity index (χ1n) is 11.8. The van der Waals surface area contributed by atoms with Crippen molar-refractivity contribution in [3.63, 3.8) is 0 Å². The SMILES string of the molecule is CC(C)(C)S(=O)(=O)NC1CCC(CNc2cccc(C(=O)NC3CCCCC3)c2)CC1. The summed E-state index contributed by atoms with van der Waals surface area (Å²) < 4.78 is 26.9. The number of nitrogens with one attached hydrogen (secondary N) is 3. The molecule has 0 unspecified atom stereocenters. The highest BCUT2D eigenvalue weighted by Crippen LogP contribution is 2.27. The second-order valence-electron chi connectivity index (χ2n) is 10.2. The van der Waals surface area contributed by atoms with E-state index in [1.165, 1.54) is 19.3 Å². The van der Waals surface area contributed by atoms with Gasteiger partial charge in [0.25, 0.3) is 5.91 Å². The lowest BCUT2D eigenvalue weighted by molar-refractivity contribution is 0.0927. The smallest absolute Gasteiger partial charge is 0.251 e. The van der Waals surface area contributed by atoms with Crippen LogP contribution in [0.15, 0.2) is 24.3 Å². The van der Waals surface area contributed by atoms with Gasteiger partial charge in [0.05, 0.1) is 4.75 Å². The Morgan fingerprint density at radius 2 is 1.65 bits per heavy atom. The van der Waals surface area contributed by atoms with Crippen molar-refractivity contribution in [3.05, 3.63) is 29.8 Å². The summed E-state index contributed by atoms with van der Waals surface area (Å²) in [4.78, 5) is 12.6. The van der Waals surface area contributed by atoms with Crippen LogP contribution in [0.1, 0.15) is 88.9 Å². The third-order valence-corrected chi connectivity index (χ3v) is 8.89. The van der Waals surface area contributed by atoms with Crippen molar-refractivity contribution >= 4 is 21.6 Å². The van der Waals surface area contributed by atoms with Crippen molar-refractivity contribution in [1.82, 2.24) is 10.0 Å². The first-order valence-corrected chi connectivity index (χ1v) is 13.3. The molecule has 1 aromatic rings. The summed E-state index contributed by atoms with van der Waals surface area (Å²) in [6.45, 7) is 6.03. The zero-order valence-corrected chi connectivity index (χ0v) is 20.1. The van der Waals surface area contributed by atoms with E-state index in [-0.39, 0.29) is 11.9 Å². The molecule has 7 heteroatoms. The molecule has 1 amide bonds. The summed E-state index contributed by atoms with van der Waals surface area (Å²) >= 11 is 0. The van der Waals surface area contributed by atoms with Gasteiger partial charge < -0.3 is 10.6 Å². The van der Waals surface area contributed by atoms with Crippen LogP contribution in [0.2, 0.25) is 0 Å². The Kier molecular flexibility index (Phi) is 8.03. The van der Waals surface area contributed by atoms with Crippen LogP contribution in [0, 0.1) is 5.92 Å². The topological polar surface area (TPSA) is 87.3 Å². The molecule has 0 atom stereocenters. The standard InChI is InChI=1S/C24H39N3O3S/c1-24(2,3)31(29,30)27-21-14-12-18(13-15-21)17-25-22-11-7-8-19(16-22)23(28)26-20-9-5-4-6-10-20/h7-8,11,16,18,20-21,25,27H,4-6,9-10,12-15,17H2,1-3H3,(H,26,28). The molecule has 2 fully saturated rings. The largest absolute Gasteiger partial charge is 0.385 e. The Bertz CT molecular complexity index is 834. The lowest BCUT2D eigenvalue weighted by atomic mass is 9.86. The molecule has 2 saturated carbocycles. The highest BCUT2D eigenvalue weighted by atomic mass is 32.2. The van der Waals surface area contributed by atoms with Gasteiger partial charge in [0.1, 0.15) is 0 Å². The molecule has 0 aromatic heterocycles. The average Bonchev–Trinajstić information content (AvgIpc) is 2.73. The van der Waals surface area contributed by atoms with E-state index >= 15 is 0 Å². The highest BCUT2D eigenvalue weighted by molar-refractivity contribution is 7.90. The first-order chi connectivity index (χ1) is 14.6. The van der Waals surface area contributed by atoms with E-state index in [0.717, 1.165) is 50.8 Å². The maximum Gasteiger partial charge on any atom is 0.251 e. The van der Waals surface area contributed by atoms with E-state index in [1.807, 2.05) is 24.3 Å². The second kappa shape index (κ2) is 10.3. The molecule has 3 rings (SSSR count). The van der Waals surface area contributed by atoms with E-state index in [0.29, 0.717) is 17.5 Å². The van der Waals surface area contributed by atoms with Crippen LogP contribution in [0.25, 0.3) is 0 Å². The molecule has 2 aliphatic carbocycles. The van der Waals surface area contributed by atoms with Crippen LogP contribution in [0.5, 0.6) is 0 Å². The fourth-order valence-electron chi connectivity index (χ4n) is 4.43. The van der Waals surface area contributed by atoms with E-state index in [1.54, 1.807) is 20.8 Å². The zero-order chi connectivity index (χ0) is 22.5. The molecule has 174 valence electrons. The van der Waals surface area contributed by atoms with Crippen LogP contribution < -0.4 is 15.4 Å². The van der Waals surface area contributed by atoms with Gasteiger partial charge in [0, 0.05) is 29.9 Å². The van der Waals surface area contributed by atoms with Gasteiger partial charge in [-0.05, 0) is 83.4 Å². The van der Waals surface area contributed by atoms with Crippen LogP contribution >= 0.6 is 0 Å². The molecule has 0 bridgehead atoms. The summed E-state index contributed by atoms with van der Waals surface area (Å²) in [5.74, 6) is 0.525. The maximum absolute atomic E-state index is 12.6. The van der Waals surface area contributed by atoms with Crippen molar-refractivity contribution in [2.45, 2.75) is 95.4 Å². The maximum atomic E-state index is 12.6. The minimum Gasteiger partial charge on any atom is -0.385 e. The van der Waals surface area contributed by atoms with Gasteiger partial charge in [-0.2, -0.15) is 0 Å². The zero-order valence-electron chi connectivity index (χ0n) is 19.2. The Balaban J connectivity index is 1.45. The third-order valence-electron chi connectivity index (χ3n) is 6.63. The molecule has 31 heavy (non-hydrogen) atoms. The summed E-state index contributed by atoms with van der Waals surface area (Å²) in [7, 11) is -3.30. The number of rotatable bonds is 7. The quantitative estimate of drug-likeness (QED) is 0.574. The van der Waals surface area contributed by atoms with Gasteiger partial charge in [0.15, 0.2) is 0 Å².